The van der Waals surface area contributed by atoms with E-state index in [-0.39, 0.29) is 17.5 Å². The molecule has 0 aliphatic carbocycles. The largest absolute Gasteiger partial charge is 0.347 e. The lowest BCUT2D eigenvalue weighted by Gasteiger charge is -2.22. The van der Waals surface area contributed by atoms with Crippen LogP contribution in [0.4, 0.5) is 5.13 Å². The summed E-state index contributed by atoms with van der Waals surface area (Å²) in [5.41, 5.74) is 0.842. The molecule has 0 saturated carbocycles. The standard InChI is InChI=1S/C9H13ClN2O2S2/c1-12(8-2-3-16(13,14)6-8)9-11-7(4-10)5-15-9/h5,8H,2-4,6H2,1H3. The van der Waals surface area contributed by atoms with Crippen molar-refractivity contribution in [3.63, 3.8) is 0 Å². The van der Waals surface area contributed by atoms with Crippen LogP contribution in [0.25, 0.3) is 0 Å². The molecule has 0 aromatic carbocycles. The van der Waals surface area contributed by atoms with E-state index in [1.54, 1.807) is 0 Å². The number of alkyl halides is 1. The molecule has 1 aromatic heterocycles. The highest BCUT2D eigenvalue weighted by Gasteiger charge is 2.31. The number of aromatic nitrogens is 1. The Morgan fingerprint density at radius 1 is 1.69 bits per heavy atom. The van der Waals surface area contributed by atoms with Gasteiger partial charge in [-0.25, -0.2) is 13.4 Å². The Morgan fingerprint density at radius 2 is 2.44 bits per heavy atom. The number of halogens is 1. The van der Waals surface area contributed by atoms with Gasteiger partial charge in [0.25, 0.3) is 0 Å². The Balaban J connectivity index is 2.11. The maximum atomic E-state index is 11.4. The highest BCUT2D eigenvalue weighted by atomic mass is 35.5. The minimum Gasteiger partial charge on any atom is -0.347 e. The first-order valence-corrected chi connectivity index (χ1v) is 8.19. The number of rotatable bonds is 3. The maximum absolute atomic E-state index is 11.4. The molecule has 0 radical (unpaired) electrons. The predicted octanol–water partition coefficient (Wildman–Crippen LogP) is 1.51. The first-order chi connectivity index (χ1) is 7.52. The molecule has 1 atom stereocenters. The third-order valence-corrected chi connectivity index (χ3v) is 5.74. The van der Waals surface area contributed by atoms with Crippen LogP contribution >= 0.6 is 22.9 Å². The lowest BCUT2D eigenvalue weighted by atomic mass is 10.2. The summed E-state index contributed by atoms with van der Waals surface area (Å²) in [4.78, 5) is 6.29. The Labute approximate surface area is 104 Å². The normalized spacial score (nSPS) is 23.5. The van der Waals surface area contributed by atoms with Gasteiger partial charge in [-0.3, -0.25) is 0 Å². The molecule has 0 bridgehead atoms. The fourth-order valence-corrected chi connectivity index (χ4v) is 4.62. The second-order valence-electron chi connectivity index (χ2n) is 3.92. The molecule has 2 heterocycles. The van der Waals surface area contributed by atoms with Crippen LogP contribution < -0.4 is 4.90 Å². The van der Waals surface area contributed by atoms with Gasteiger partial charge in [0.1, 0.15) is 0 Å². The molecule has 1 fully saturated rings. The Kier molecular flexibility index (Phi) is 3.42. The van der Waals surface area contributed by atoms with Gasteiger partial charge in [0.05, 0.1) is 23.1 Å². The van der Waals surface area contributed by atoms with Crippen LogP contribution in [0.2, 0.25) is 0 Å². The lowest BCUT2D eigenvalue weighted by Crippen LogP contribution is -2.32. The quantitative estimate of drug-likeness (QED) is 0.788. The topological polar surface area (TPSA) is 50.3 Å². The summed E-state index contributed by atoms with van der Waals surface area (Å²) in [5, 5.41) is 2.75. The van der Waals surface area contributed by atoms with Crippen molar-refractivity contribution >= 4 is 37.9 Å². The number of nitrogens with zero attached hydrogens (tertiary/aromatic N) is 2. The zero-order valence-electron chi connectivity index (χ0n) is 8.89. The molecule has 1 aliphatic heterocycles. The van der Waals surface area contributed by atoms with E-state index in [9.17, 15) is 8.42 Å². The lowest BCUT2D eigenvalue weighted by molar-refractivity contribution is 0.601. The van der Waals surface area contributed by atoms with Crippen molar-refractivity contribution < 1.29 is 8.42 Å². The van der Waals surface area contributed by atoms with Gasteiger partial charge >= 0.3 is 0 Å². The van der Waals surface area contributed by atoms with Crippen LogP contribution in [0.15, 0.2) is 5.38 Å². The zero-order chi connectivity index (χ0) is 11.8. The Bertz CT molecular complexity index is 472. The SMILES string of the molecule is CN(c1nc(CCl)cs1)C1CCS(=O)(=O)C1. The average Bonchev–Trinajstić information content (AvgIpc) is 2.83. The third kappa shape index (κ3) is 2.49. The summed E-state index contributed by atoms with van der Waals surface area (Å²) < 4.78 is 22.7. The van der Waals surface area contributed by atoms with Crippen LogP contribution in [0.3, 0.4) is 0 Å². The number of thiazole rings is 1. The molecule has 16 heavy (non-hydrogen) atoms. The number of sulfone groups is 1. The number of hydrogen-bond acceptors (Lipinski definition) is 5. The van der Waals surface area contributed by atoms with Crippen LogP contribution in [0.1, 0.15) is 12.1 Å². The molecule has 1 aliphatic rings. The highest BCUT2D eigenvalue weighted by molar-refractivity contribution is 7.91. The van der Waals surface area contributed by atoms with E-state index in [0.29, 0.717) is 12.3 Å². The van der Waals surface area contributed by atoms with Gasteiger partial charge in [-0.15, -0.1) is 22.9 Å². The van der Waals surface area contributed by atoms with E-state index in [1.807, 2.05) is 17.3 Å². The van der Waals surface area contributed by atoms with E-state index < -0.39 is 9.84 Å². The van der Waals surface area contributed by atoms with Gasteiger partial charge in [-0.2, -0.15) is 0 Å². The fraction of sp³-hybridized carbons (Fsp3) is 0.667. The van der Waals surface area contributed by atoms with E-state index in [0.717, 1.165) is 10.8 Å². The van der Waals surface area contributed by atoms with Gasteiger partial charge in [-0.05, 0) is 6.42 Å². The van der Waals surface area contributed by atoms with Crippen molar-refractivity contribution in [2.24, 2.45) is 0 Å². The molecular formula is C9H13ClN2O2S2. The second kappa shape index (κ2) is 4.50. The van der Waals surface area contributed by atoms with E-state index >= 15 is 0 Å². The molecule has 90 valence electrons. The maximum Gasteiger partial charge on any atom is 0.185 e. The molecule has 7 heteroatoms. The molecule has 1 saturated heterocycles. The highest BCUT2D eigenvalue weighted by Crippen LogP contribution is 2.26. The van der Waals surface area contributed by atoms with E-state index in [4.69, 9.17) is 11.6 Å². The molecule has 1 unspecified atom stereocenters. The first kappa shape index (κ1) is 12.1. The summed E-state index contributed by atoms with van der Waals surface area (Å²) in [7, 11) is -0.947. The van der Waals surface area contributed by atoms with Crippen molar-refractivity contribution in [3.8, 4) is 0 Å². The summed E-state index contributed by atoms with van der Waals surface area (Å²) in [6.45, 7) is 0. The molecule has 0 spiro atoms. The van der Waals surface area contributed by atoms with Crippen molar-refractivity contribution in [2.75, 3.05) is 23.5 Å². The molecule has 2 rings (SSSR count). The van der Waals surface area contributed by atoms with Crippen LogP contribution in [0.5, 0.6) is 0 Å². The van der Waals surface area contributed by atoms with E-state index in [1.165, 1.54) is 11.3 Å². The van der Waals surface area contributed by atoms with E-state index in [2.05, 4.69) is 4.98 Å². The average molecular weight is 281 g/mol. The minimum atomic E-state index is -2.84. The summed E-state index contributed by atoms with van der Waals surface area (Å²) in [6.07, 6.45) is 0.689. The van der Waals surface area contributed by atoms with Gasteiger partial charge in [-0.1, -0.05) is 0 Å². The smallest absolute Gasteiger partial charge is 0.185 e. The van der Waals surface area contributed by atoms with Crippen molar-refractivity contribution in [1.82, 2.24) is 4.98 Å². The molecule has 1 aromatic rings. The summed E-state index contributed by atoms with van der Waals surface area (Å²) >= 11 is 7.18. The van der Waals surface area contributed by atoms with Crippen LogP contribution in [-0.4, -0.2) is 38.0 Å². The first-order valence-electron chi connectivity index (χ1n) is 4.95. The fourth-order valence-electron chi connectivity index (χ4n) is 1.76. The second-order valence-corrected chi connectivity index (χ2v) is 7.26. The van der Waals surface area contributed by atoms with Crippen molar-refractivity contribution in [1.29, 1.82) is 0 Å². The summed E-state index contributed by atoms with van der Waals surface area (Å²) in [6, 6.07) is 0.0549. The minimum absolute atomic E-state index is 0.0549. The number of hydrogen-bond donors (Lipinski definition) is 0. The molecule has 0 amide bonds. The van der Waals surface area contributed by atoms with Gasteiger partial charge < -0.3 is 4.90 Å². The molecule has 0 N–H and O–H groups in total. The van der Waals surface area contributed by atoms with Gasteiger partial charge in [0.15, 0.2) is 15.0 Å². The number of anilines is 1. The van der Waals surface area contributed by atoms with Crippen LogP contribution in [0, 0.1) is 0 Å². The Hall–Kier alpha value is -0.330. The van der Waals surface area contributed by atoms with Crippen molar-refractivity contribution in [2.45, 2.75) is 18.3 Å². The third-order valence-electron chi connectivity index (χ3n) is 2.73. The predicted molar refractivity (Wildman–Crippen MR) is 67.1 cm³/mol. The van der Waals surface area contributed by atoms with Crippen LogP contribution in [-0.2, 0) is 15.7 Å². The zero-order valence-corrected chi connectivity index (χ0v) is 11.3. The molecular weight excluding hydrogens is 268 g/mol. The van der Waals surface area contributed by atoms with Gasteiger partial charge in [0, 0.05) is 18.5 Å². The monoisotopic (exact) mass is 280 g/mol. The Morgan fingerprint density at radius 3 is 2.94 bits per heavy atom. The summed E-state index contributed by atoms with van der Waals surface area (Å²) in [5.74, 6) is 0.919. The molecule has 4 nitrogen and oxygen atoms in total. The van der Waals surface area contributed by atoms with Crippen molar-refractivity contribution in [3.05, 3.63) is 11.1 Å². The van der Waals surface area contributed by atoms with Gasteiger partial charge in [0.2, 0.25) is 0 Å².